The van der Waals surface area contributed by atoms with Gasteiger partial charge >= 0.3 is 0 Å². The lowest BCUT2D eigenvalue weighted by Gasteiger charge is -2.03. The highest BCUT2D eigenvalue weighted by Crippen LogP contribution is 2.25. The van der Waals surface area contributed by atoms with Crippen LogP contribution in [0.3, 0.4) is 0 Å². The molecule has 2 rings (SSSR count). The summed E-state index contributed by atoms with van der Waals surface area (Å²) in [7, 11) is 0. The van der Waals surface area contributed by atoms with Crippen LogP contribution in [0.2, 0.25) is 0 Å². The van der Waals surface area contributed by atoms with E-state index in [1.165, 1.54) is 0 Å². The first kappa shape index (κ1) is 11.6. The minimum absolute atomic E-state index is 0.0272. The topological polar surface area (TPSA) is 65.0 Å². The normalized spacial score (nSPS) is 10.1. The second-order valence-electron chi connectivity index (χ2n) is 2.58. The minimum atomic E-state index is -0.394. The van der Waals surface area contributed by atoms with Crippen LogP contribution < -0.4 is 10.2 Å². The zero-order valence-electron chi connectivity index (χ0n) is 7.55. The number of nitrogens with zero attached hydrogens (tertiary/aromatic N) is 3. The van der Waals surface area contributed by atoms with Crippen molar-refractivity contribution in [1.29, 1.82) is 0 Å². The van der Waals surface area contributed by atoms with Gasteiger partial charge in [-0.05, 0) is 44.0 Å². The van der Waals surface area contributed by atoms with Crippen LogP contribution in [0.1, 0.15) is 0 Å². The average molecular weight is 365 g/mol. The van der Waals surface area contributed by atoms with Crippen LogP contribution in [0, 0.1) is 0 Å². The molecule has 0 radical (unpaired) electrons. The molecule has 2 aromatic rings. The number of hydrogen-bond donors (Lipinski definition) is 0. The van der Waals surface area contributed by atoms with Crippen LogP contribution in [0.4, 0.5) is 0 Å². The van der Waals surface area contributed by atoms with E-state index in [-0.39, 0.29) is 10.5 Å². The van der Waals surface area contributed by atoms with Gasteiger partial charge in [-0.15, -0.1) is 4.37 Å². The van der Waals surface area contributed by atoms with Crippen LogP contribution in [0.15, 0.2) is 32.3 Å². The fourth-order valence-corrected chi connectivity index (χ4v) is 1.97. The first-order valence-electron chi connectivity index (χ1n) is 3.99. The summed E-state index contributed by atoms with van der Waals surface area (Å²) in [6, 6.07) is 3.38. The summed E-state index contributed by atoms with van der Waals surface area (Å²) in [6.45, 7) is 0. The third-order valence-electron chi connectivity index (χ3n) is 1.56. The molecule has 0 N–H and O–H groups in total. The van der Waals surface area contributed by atoms with E-state index in [0.29, 0.717) is 10.4 Å². The van der Waals surface area contributed by atoms with E-state index in [1.54, 1.807) is 18.3 Å². The number of pyridine rings is 1. The molecule has 0 aliphatic carbocycles. The summed E-state index contributed by atoms with van der Waals surface area (Å²) in [5.74, 6) is 0.401. The zero-order chi connectivity index (χ0) is 11.5. The van der Waals surface area contributed by atoms with Crippen LogP contribution in [0.5, 0.6) is 11.6 Å². The van der Waals surface area contributed by atoms with Gasteiger partial charge in [0.15, 0.2) is 10.4 Å². The summed E-state index contributed by atoms with van der Waals surface area (Å²) in [5.41, 5.74) is -0.394. The standard InChI is InChI=1S/C8H3Br2N3O2S/c9-6-4(2-1-3-11-6)15-8-5(14)7(10)12-16-13-8/h1-3H. The third kappa shape index (κ3) is 2.45. The van der Waals surface area contributed by atoms with E-state index in [1.807, 2.05) is 0 Å². The van der Waals surface area contributed by atoms with E-state index >= 15 is 0 Å². The molecule has 0 saturated carbocycles. The van der Waals surface area contributed by atoms with Crippen LogP contribution in [-0.2, 0) is 0 Å². The molecular formula is C8H3Br2N3O2S. The van der Waals surface area contributed by atoms with Crippen molar-refractivity contribution in [2.24, 2.45) is 0 Å². The number of ether oxygens (including phenoxy) is 1. The van der Waals surface area contributed by atoms with Gasteiger partial charge in [0.1, 0.15) is 4.60 Å². The van der Waals surface area contributed by atoms with E-state index in [9.17, 15) is 4.79 Å². The van der Waals surface area contributed by atoms with Crippen molar-refractivity contribution in [2.45, 2.75) is 0 Å². The van der Waals surface area contributed by atoms with Gasteiger partial charge < -0.3 is 4.74 Å². The predicted octanol–water partition coefficient (Wildman–Crippen LogP) is 2.61. The van der Waals surface area contributed by atoms with Crippen molar-refractivity contribution in [2.75, 3.05) is 0 Å². The van der Waals surface area contributed by atoms with Crippen LogP contribution >= 0.6 is 43.6 Å². The smallest absolute Gasteiger partial charge is 0.283 e. The largest absolute Gasteiger partial charge is 0.432 e. The Morgan fingerprint density at radius 1 is 1.25 bits per heavy atom. The summed E-state index contributed by atoms with van der Waals surface area (Å²) in [6.07, 6.45) is 1.60. The maximum atomic E-state index is 11.6. The molecule has 5 nitrogen and oxygen atoms in total. The van der Waals surface area contributed by atoms with Gasteiger partial charge in [-0.25, -0.2) is 4.98 Å². The van der Waals surface area contributed by atoms with Gasteiger partial charge in [0, 0.05) is 6.20 Å². The van der Waals surface area contributed by atoms with E-state index in [4.69, 9.17) is 4.74 Å². The van der Waals surface area contributed by atoms with Gasteiger partial charge in [-0.2, -0.15) is 4.37 Å². The molecule has 2 aromatic heterocycles. The second kappa shape index (κ2) is 4.98. The number of aromatic nitrogens is 3. The first-order valence-corrected chi connectivity index (χ1v) is 6.31. The predicted molar refractivity (Wildman–Crippen MR) is 65.9 cm³/mol. The third-order valence-corrected chi connectivity index (χ3v) is 3.44. The number of rotatable bonds is 2. The van der Waals surface area contributed by atoms with Crippen molar-refractivity contribution >= 4 is 43.6 Å². The minimum Gasteiger partial charge on any atom is -0.432 e. The zero-order valence-corrected chi connectivity index (χ0v) is 11.5. The Labute approximate surface area is 111 Å². The van der Waals surface area contributed by atoms with Crippen molar-refractivity contribution in [3.63, 3.8) is 0 Å². The maximum Gasteiger partial charge on any atom is 0.283 e. The van der Waals surface area contributed by atoms with Gasteiger partial charge in [-0.1, -0.05) is 0 Å². The van der Waals surface area contributed by atoms with Crippen molar-refractivity contribution in [3.05, 3.63) is 37.8 Å². The van der Waals surface area contributed by atoms with Crippen molar-refractivity contribution in [3.8, 4) is 11.6 Å². The Morgan fingerprint density at radius 3 is 2.81 bits per heavy atom. The number of halogens is 2. The Hall–Kier alpha value is -0.860. The first-order chi connectivity index (χ1) is 7.68. The molecule has 82 valence electrons. The summed E-state index contributed by atoms with van der Waals surface area (Å²) in [5, 5.41) is 0. The molecule has 2 heterocycles. The van der Waals surface area contributed by atoms with Gasteiger partial charge in [0.2, 0.25) is 0 Å². The molecule has 0 aliphatic heterocycles. The molecule has 0 amide bonds. The number of hydrogen-bond acceptors (Lipinski definition) is 6. The van der Waals surface area contributed by atoms with Crippen molar-refractivity contribution < 1.29 is 4.74 Å². The molecule has 0 saturated heterocycles. The van der Waals surface area contributed by atoms with Crippen LogP contribution in [0.25, 0.3) is 0 Å². The molecule has 16 heavy (non-hydrogen) atoms. The Morgan fingerprint density at radius 2 is 2.06 bits per heavy atom. The fraction of sp³-hybridized carbons (Fsp3) is 0. The highest BCUT2D eigenvalue weighted by atomic mass is 79.9. The molecule has 0 spiro atoms. The van der Waals surface area contributed by atoms with Crippen molar-refractivity contribution in [1.82, 2.24) is 13.7 Å². The molecule has 0 atom stereocenters. The Balaban J connectivity index is 2.39. The SMILES string of the molecule is O=c1c(Br)nsnc1Oc1cccnc1Br. The highest BCUT2D eigenvalue weighted by molar-refractivity contribution is 9.10. The van der Waals surface area contributed by atoms with Gasteiger partial charge in [-0.3, -0.25) is 4.79 Å². The van der Waals surface area contributed by atoms with Gasteiger partial charge in [0.05, 0.1) is 11.7 Å². The van der Waals surface area contributed by atoms with Gasteiger partial charge in [0.25, 0.3) is 11.3 Å². The average Bonchev–Trinajstić information content (AvgIpc) is 2.28. The fourth-order valence-electron chi connectivity index (χ4n) is 0.881. The van der Waals surface area contributed by atoms with E-state index in [2.05, 4.69) is 45.6 Å². The highest BCUT2D eigenvalue weighted by Gasteiger charge is 2.10. The molecule has 0 bridgehead atoms. The monoisotopic (exact) mass is 363 g/mol. The Bertz CT molecular complexity index is 575. The van der Waals surface area contributed by atoms with E-state index < -0.39 is 5.43 Å². The molecule has 0 aromatic carbocycles. The molecule has 8 heteroatoms. The maximum absolute atomic E-state index is 11.6. The molecule has 0 unspecified atom stereocenters. The van der Waals surface area contributed by atoms with E-state index in [0.717, 1.165) is 11.7 Å². The summed E-state index contributed by atoms with van der Waals surface area (Å²) < 4.78 is 13.5. The molecular weight excluding hydrogens is 362 g/mol. The second-order valence-corrected chi connectivity index (χ2v) is 4.61. The lowest BCUT2D eigenvalue weighted by molar-refractivity contribution is 0.456. The lowest BCUT2D eigenvalue weighted by atomic mass is 10.5. The molecule has 0 fully saturated rings. The summed E-state index contributed by atoms with van der Waals surface area (Å²) in [4.78, 5) is 15.5. The summed E-state index contributed by atoms with van der Waals surface area (Å²) >= 11 is 7.11. The van der Waals surface area contributed by atoms with Crippen LogP contribution in [-0.4, -0.2) is 13.7 Å². The lowest BCUT2D eigenvalue weighted by Crippen LogP contribution is -2.08. The molecule has 0 aliphatic rings. The Kier molecular flexibility index (Phi) is 3.62. The quantitative estimate of drug-likeness (QED) is 0.766.